The molecule has 0 atom stereocenters. The van der Waals surface area contributed by atoms with E-state index in [9.17, 15) is 4.79 Å². The first-order valence-electron chi connectivity index (χ1n) is 3.72. The van der Waals surface area contributed by atoms with Gasteiger partial charge in [-0.15, -0.1) is 0 Å². The van der Waals surface area contributed by atoms with E-state index in [0.29, 0.717) is 6.54 Å². The largest absolute Gasteiger partial charge is 0.446 e. The van der Waals surface area contributed by atoms with E-state index in [1.807, 2.05) is 0 Å². The zero-order chi connectivity index (χ0) is 8.48. The van der Waals surface area contributed by atoms with Gasteiger partial charge in [-0.3, -0.25) is 0 Å². The molecular formula is C7H14N2O2. The summed E-state index contributed by atoms with van der Waals surface area (Å²) in [6.45, 7) is 2.72. The predicted octanol–water partition coefficient (Wildman–Crippen LogP) is 0.209. The molecule has 0 spiro atoms. The lowest BCUT2D eigenvalue weighted by atomic mass is 9.68. The Morgan fingerprint density at radius 1 is 1.73 bits per heavy atom. The third-order valence-corrected chi connectivity index (χ3v) is 2.22. The summed E-state index contributed by atoms with van der Waals surface area (Å²) in [5.74, 6) is 0. The van der Waals surface area contributed by atoms with E-state index in [1.54, 1.807) is 0 Å². The molecule has 0 aromatic heterocycles. The Morgan fingerprint density at radius 3 is 2.64 bits per heavy atom. The number of rotatable bonds is 2. The minimum atomic E-state index is -0.686. The van der Waals surface area contributed by atoms with Crippen molar-refractivity contribution in [1.82, 2.24) is 0 Å². The highest BCUT2D eigenvalue weighted by Gasteiger charge is 2.41. The number of primary amides is 1. The maximum atomic E-state index is 10.3. The molecule has 1 aliphatic rings. The number of carbonyl (C=O) groups is 1. The lowest BCUT2D eigenvalue weighted by molar-refractivity contribution is -0.0240. The quantitative estimate of drug-likeness (QED) is 0.603. The van der Waals surface area contributed by atoms with Crippen molar-refractivity contribution in [3.63, 3.8) is 0 Å². The zero-order valence-electron chi connectivity index (χ0n) is 6.67. The molecule has 1 rings (SSSR count). The number of hydrogen-bond donors (Lipinski definition) is 2. The summed E-state index contributed by atoms with van der Waals surface area (Å²) in [4.78, 5) is 10.3. The number of hydrogen-bond acceptors (Lipinski definition) is 3. The van der Waals surface area contributed by atoms with E-state index in [-0.39, 0.29) is 11.5 Å². The van der Waals surface area contributed by atoms with Gasteiger partial charge >= 0.3 is 6.09 Å². The molecule has 0 radical (unpaired) electrons. The highest BCUT2D eigenvalue weighted by atomic mass is 16.6. The molecule has 0 unspecified atom stereocenters. The molecule has 11 heavy (non-hydrogen) atoms. The van der Waals surface area contributed by atoms with Crippen LogP contribution in [0.25, 0.3) is 0 Å². The monoisotopic (exact) mass is 158 g/mol. The molecule has 0 heterocycles. The van der Waals surface area contributed by atoms with Crippen molar-refractivity contribution in [3.8, 4) is 0 Å². The Morgan fingerprint density at radius 2 is 2.27 bits per heavy atom. The predicted molar refractivity (Wildman–Crippen MR) is 40.9 cm³/mol. The van der Waals surface area contributed by atoms with Crippen LogP contribution in [-0.2, 0) is 4.74 Å². The first kappa shape index (κ1) is 8.33. The van der Waals surface area contributed by atoms with E-state index >= 15 is 0 Å². The van der Waals surface area contributed by atoms with Crippen molar-refractivity contribution in [3.05, 3.63) is 0 Å². The lowest BCUT2D eigenvalue weighted by Crippen LogP contribution is -2.46. The molecule has 1 aliphatic carbocycles. The van der Waals surface area contributed by atoms with Gasteiger partial charge in [-0.2, -0.15) is 0 Å². The van der Waals surface area contributed by atoms with Gasteiger partial charge in [0.1, 0.15) is 6.10 Å². The summed E-state index contributed by atoms with van der Waals surface area (Å²) in [5.41, 5.74) is 10.5. The molecule has 0 aromatic rings. The van der Waals surface area contributed by atoms with Crippen LogP contribution < -0.4 is 11.5 Å². The first-order chi connectivity index (χ1) is 5.06. The summed E-state index contributed by atoms with van der Waals surface area (Å²) in [6, 6.07) is 0. The van der Waals surface area contributed by atoms with Gasteiger partial charge in [-0.05, 0) is 24.8 Å². The van der Waals surface area contributed by atoms with Crippen LogP contribution in [0.15, 0.2) is 0 Å². The standard InChI is InChI=1S/C7H14N2O2/c1-7(4-8)2-5(3-7)11-6(9)10/h5H,2-4,8H2,1H3,(H2,9,10). The third-order valence-electron chi connectivity index (χ3n) is 2.22. The lowest BCUT2D eigenvalue weighted by Gasteiger charge is -2.43. The molecule has 1 saturated carbocycles. The Hall–Kier alpha value is -0.770. The van der Waals surface area contributed by atoms with Crippen LogP contribution >= 0.6 is 0 Å². The van der Waals surface area contributed by atoms with Crippen molar-refractivity contribution in [2.24, 2.45) is 16.9 Å². The second kappa shape index (κ2) is 2.70. The van der Waals surface area contributed by atoms with Crippen molar-refractivity contribution in [2.45, 2.75) is 25.9 Å². The van der Waals surface area contributed by atoms with Crippen LogP contribution in [-0.4, -0.2) is 18.7 Å². The summed E-state index contributed by atoms with van der Waals surface area (Å²) in [7, 11) is 0. The van der Waals surface area contributed by atoms with E-state index in [4.69, 9.17) is 16.2 Å². The van der Waals surface area contributed by atoms with Crippen molar-refractivity contribution in [1.29, 1.82) is 0 Å². The molecule has 64 valence electrons. The number of carbonyl (C=O) groups excluding carboxylic acids is 1. The van der Waals surface area contributed by atoms with Gasteiger partial charge in [0.05, 0.1) is 0 Å². The Labute approximate surface area is 65.9 Å². The smallest absolute Gasteiger partial charge is 0.404 e. The molecule has 0 aliphatic heterocycles. The van der Waals surface area contributed by atoms with Crippen molar-refractivity contribution < 1.29 is 9.53 Å². The normalized spacial score (nSPS) is 36.0. The van der Waals surface area contributed by atoms with Crippen LogP contribution in [0.5, 0.6) is 0 Å². The molecule has 4 heteroatoms. The molecule has 0 saturated heterocycles. The van der Waals surface area contributed by atoms with Crippen LogP contribution in [0.3, 0.4) is 0 Å². The molecular weight excluding hydrogens is 144 g/mol. The van der Waals surface area contributed by atoms with Crippen LogP contribution in [0.2, 0.25) is 0 Å². The number of amides is 1. The summed E-state index contributed by atoms with van der Waals surface area (Å²) in [6.07, 6.45) is 0.994. The fraction of sp³-hybridized carbons (Fsp3) is 0.857. The second-order valence-corrected chi connectivity index (χ2v) is 3.48. The van der Waals surface area contributed by atoms with E-state index in [1.165, 1.54) is 0 Å². The maximum Gasteiger partial charge on any atom is 0.404 e. The van der Waals surface area contributed by atoms with Gasteiger partial charge in [-0.25, -0.2) is 4.79 Å². The number of nitrogens with two attached hydrogens (primary N) is 2. The minimum absolute atomic E-state index is 0.000972. The molecule has 1 fully saturated rings. The molecule has 4 nitrogen and oxygen atoms in total. The summed E-state index contributed by atoms with van der Waals surface area (Å²) < 4.78 is 4.77. The SMILES string of the molecule is CC1(CN)CC(OC(N)=O)C1. The summed E-state index contributed by atoms with van der Waals surface area (Å²) in [5, 5.41) is 0. The molecule has 0 aromatic carbocycles. The average Bonchev–Trinajstić information content (AvgIpc) is 1.83. The van der Waals surface area contributed by atoms with E-state index < -0.39 is 6.09 Å². The third kappa shape index (κ3) is 1.83. The van der Waals surface area contributed by atoms with E-state index in [2.05, 4.69) is 6.92 Å². The van der Waals surface area contributed by atoms with Crippen LogP contribution in [0, 0.1) is 5.41 Å². The topological polar surface area (TPSA) is 78.3 Å². The Kier molecular flexibility index (Phi) is 2.04. The minimum Gasteiger partial charge on any atom is -0.446 e. The van der Waals surface area contributed by atoms with Crippen molar-refractivity contribution >= 4 is 6.09 Å². The molecule has 1 amide bonds. The van der Waals surface area contributed by atoms with Gasteiger partial charge in [0, 0.05) is 0 Å². The summed E-state index contributed by atoms with van der Waals surface area (Å²) >= 11 is 0. The van der Waals surface area contributed by atoms with Crippen LogP contribution in [0.4, 0.5) is 4.79 Å². The van der Waals surface area contributed by atoms with Gasteiger partial charge in [0.2, 0.25) is 0 Å². The first-order valence-corrected chi connectivity index (χ1v) is 3.72. The second-order valence-electron chi connectivity index (χ2n) is 3.48. The number of ether oxygens (including phenoxy) is 1. The van der Waals surface area contributed by atoms with Gasteiger partial charge in [0.25, 0.3) is 0 Å². The average molecular weight is 158 g/mol. The Bertz CT molecular complexity index is 164. The Balaban J connectivity index is 2.23. The van der Waals surface area contributed by atoms with Crippen LogP contribution in [0.1, 0.15) is 19.8 Å². The highest BCUT2D eigenvalue weighted by molar-refractivity contribution is 5.64. The maximum absolute atomic E-state index is 10.3. The van der Waals surface area contributed by atoms with E-state index in [0.717, 1.165) is 12.8 Å². The van der Waals surface area contributed by atoms with Gasteiger partial charge in [0.15, 0.2) is 0 Å². The highest BCUT2D eigenvalue weighted by Crippen LogP contribution is 2.41. The van der Waals surface area contributed by atoms with Gasteiger partial charge in [-0.1, -0.05) is 6.92 Å². The molecule has 4 N–H and O–H groups in total. The molecule has 0 bridgehead atoms. The fourth-order valence-corrected chi connectivity index (χ4v) is 1.45. The van der Waals surface area contributed by atoms with Crippen molar-refractivity contribution in [2.75, 3.05) is 6.54 Å². The zero-order valence-corrected chi connectivity index (χ0v) is 6.67. The fourth-order valence-electron chi connectivity index (χ4n) is 1.45. The van der Waals surface area contributed by atoms with Gasteiger partial charge < -0.3 is 16.2 Å².